The van der Waals surface area contributed by atoms with Gasteiger partial charge >= 0.3 is 5.97 Å². The van der Waals surface area contributed by atoms with E-state index in [4.69, 9.17) is 16.7 Å². The van der Waals surface area contributed by atoms with Gasteiger partial charge in [-0.1, -0.05) is 11.6 Å². The molecule has 0 atom stereocenters. The molecule has 0 fully saturated rings. The minimum absolute atomic E-state index is 0.263. The van der Waals surface area contributed by atoms with E-state index in [9.17, 15) is 9.59 Å². The number of halogens is 1. The number of carbonyl (C=O) groups is 2. The van der Waals surface area contributed by atoms with Crippen molar-refractivity contribution in [1.82, 2.24) is 10.3 Å². The zero-order chi connectivity index (χ0) is 12.3. The van der Waals surface area contributed by atoms with Crippen LogP contribution in [-0.4, -0.2) is 27.5 Å². The maximum Gasteiger partial charge on any atom is 0.328 e. The summed E-state index contributed by atoms with van der Waals surface area (Å²) in [4.78, 5) is 26.1. The van der Waals surface area contributed by atoms with Crippen molar-refractivity contribution in [3.8, 4) is 0 Å². The lowest BCUT2D eigenvalue weighted by atomic mass is 10.1. The predicted octanol–water partition coefficient (Wildman–Crippen LogP) is 1.33. The summed E-state index contributed by atoms with van der Waals surface area (Å²) in [5.74, 6) is -1.61. The number of carbonyl (C=O) groups excluding carboxylic acids is 1. The van der Waals surface area contributed by atoms with Crippen molar-refractivity contribution in [2.24, 2.45) is 0 Å². The molecule has 2 N–H and O–H groups in total. The Morgan fingerprint density at radius 2 is 2.06 bits per heavy atom. The number of amides is 1. The van der Waals surface area contributed by atoms with Crippen LogP contribution in [0.15, 0.2) is 18.3 Å². The van der Waals surface area contributed by atoms with E-state index < -0.39 is 17.4 Å². The quantitative estimate of drug-likeness (QED) is 0.784. The summed E-state index contributed by atoms with van der Waals surface area (Å²) in [5, 5.41) is 11.5. The number of aromatic nitrogens is 1. The molecule has 0 spiro atoms. The Kier molecular flexibility index (Phi) is 3.49. The van der Waals surface area contributed by atoms with Crippen LogP contribution in [0.4, 0.5) is 0 Å². The van der Waals surface area contributed by atoms with Gasteiger partial charge in [-0.05, 0) is 26.0 Å². The SMILES string of the molecule is CC(C)(NC(=O)c1ccc(Cl)nc1)C(=O)O. The molecular weight excluding hydrogens is 232 g/mol. The second kappa shape index (κ2) is 4.49. The minimum atomic E-state index is -1.32. The van der Waals surface area contributed by atoms with Crippen LogP contribution >= 0.6 is 11.6 Å². The number of rotatable bonds is 3. The molecule has 0 saturated heterocycles. The molecule has 0 aliphatic carbocycles. The van der Waals surface area contributed by atoms with E-state index >= 15 is 0 Å². The summed E-state index contributed by atoms with van der Waals surface area (Å²) in [5.41, 5.74) is -1.06. The van der Waals surface area contributed by atoms with E-state index in [0.29, 0.717) is 0 Å². The average molecular weight is 243 g/mol. The van der Waals surface area contributed by atoms with Crippen LogP contribution in [0.3, 0.4) is 0 Å². The Balaban J connectivity index is 2.81. The Hall–Kier alpha value is -1.62. The molecule has 0 saturated carbocycles. The number of aliphatic carboxylic acids is 1. The zero-order valence-electron chi connectivity index (χ0n) is 8.82. The first-order valence-electron chi connectivity index (χ1n) is 4.50. The molecule has 6 heteroatoms. The summed E-state index contributed by atoms with van der Waals surface area (Å²) in [7, 11) is 0. The standard InChI is InChI=1S/C10H11ClN2O3/c1-10(2,9(15)16)13-8(14)6-3-4-7(11)12-5-6/h3-5H,1-2H3,(H,13,14)(H,15,16). The van der Waals surface area contributed by atoms with Crippen molar-refractivity contribution < 1.29 is 14.7 Å². The Morgan fingerprint density at radius 3 is 2.50 bits per heavy atom. The number of nitrogens with zero attached hydrogens (tertiary/aromatic N) is 1. The number of carboxylic acids is 1. The number of carboxylic acid groups (broad SMARTS) is 1. The fraction of sp³-hybridized carbons (Fsp3) is 0.300. The molecule has 0 aliphatic rings. The van der Waals surface area contributed by atoms with Gasteiger partial charge in [0.25, 0.3) is 5.91 Å². The van der Waals surface area contributed by atoms with Crippen molar-refractivity contribution >= 4 is 23.5 Å². The van der Waals surface area contributed by atoms with Gasteiger partial charge in [0.1, 0.15) is 10.7 Å². The molecule has 1 rings (SSSR count). The lowest BCUT2D eigenvalue weighted by molar-refractivity contribution is -0.143. The van der Waals surface area contributed by atoms with Crippen LogP contribution in [0, 0.1) is 0 Å². The van der Waals surface area contributed by atoms with Crippen LogP contribution < -0.4 is 5.32 Å². The molecule has 0 unspecified atom stereocenters. The second-order valence-corrected chi connectivity index (χ2v) is 4.14. The third-order valence-electron chi connectivity index (χ3n) is 1.95. The highest BCUT2D eigenvalue weighted by atomic mass is 35.5. The van der Waals surface area contributed by atoms with E-state index in [-0.39, 0.29) is 10.7 Å². The van der Waals surface area contributed by atoms with Gasteiger partial charge in [0, 0.05) is 6.20 Å². The molecule has 0 radical (unpaired) electrons. The normalized spacial score (nSPS) is 10.9. The highest BCUT2D eigenvalue weighted by Gasteiger charge is 2.29. The van der Waals surface area contributed by atoms with Gasteiger partial charge in [-0.3, -0.25) is 4.79 Å². The lowest BCUT2D eigenvalue weighted by Gasteiger charge is -2.20. The lowest BCUT2D eigenvalue weighted by Crippen LogP contribution is -2.49. The van der Waals surface area contributed by atoms with Gasteiger partial charge in [-0.15, -0.1) is 0 Å². The average Bonchev–Trinajstić information content (AvgIpc) is 2.17. The van der Waals surface area contributed by atoms with E-state index in [2.05, 4.69) is 10.3 Å². The maximum atomic E-state index is 11.6. The van der Waals surface area contributed by atoms with Crippen LogP contribution in [0.25, 0.3) is 0 Å². The molecule has 1 aromatic heterocycles. The highest BCUT2D eigenvalue weighted by Crippen LogP contribution is 2.08. The number of pyridine rings is 1. The molecule has 1 aromatic rings. The third kappa shape index (κ3) is 2.93. The smallest absolute Gasteiger partial charge is 0.328 e. The summed E-state index contributed by atoms with van der Waals surface area (Å²) in [6.07, 6.45) is 1.29. The fourth-order valence-electron chi connectivity index (χ4n) is 0.920. The van der Waals surface area contributed by atoms with Crippen LogP contribution in [0.1, 0.15) is 24.2 Å². The summed E-state index contributed by atoms with van der Waals surface area (Å²) in [6, 6.07) is 2.94. The Labute approximate surface area is 97.4 Å². The molecule has 1 heterocycles. The van der Waals surface area contributed by atoms with Crippen molar-refractivity contribution in [3.63, 3.8) is 0 Å². The van der Waals surface area contributed by atoms with Gasteiger partial charge in [-0.2, -0.15) is 0 Å². The number of hydrogen-bond donors (Lipinski definition) is 2. The van der Waals surface area contributed by atoms with Crippen molar-refractivity contribution in [1.29, 1.82) is 0 Å². The van der Waals surface area contributed by atoms with Crippen molar-refractivity contribution in [2.45, 2.75) is 19.4 Å². The maximum absolute atomic E-state index is 11.6. The van der Waals surface area contributed by atoms with E-state index in [0.717, 1.165) is 0 Å². The van der Waals surface area contributed by atoms with Gasteiger partial charge in [0.2, 0.25) is 0 Å². The molecule has 86 valence electrons. The fourth-order valence-corrected chi connectivity index (χ4v) is 1.03. The topological polar surface area (TPSA) is 79.3 Å². The highest BCUT2D eigenvalue weighted by molar-refractivity contribution is 6.29. The second-order valence-electron chi connectivity index (χ2n) is 3.75. The van der Waals surface area contributed by atoms with Crippen LogP contribution in [0.5, 0.6) is 0 Å². The van der Waals surface area contributed by atoms with Gasteiger partial charge in [0.05, 0.1) is 5.56 Å². The largest absolute Gasteiger partial charge is 0.480 e. The number of nitrogens with one attached hydrogen (secondary N) is 1. The van der Waals surface area contributed by atoms with Gasteiger partial charge in [0.15, 0.2) is 0 Å². The van der Waals surface area contributed by atoms with Crippen LogP contribution in [0.2, 0.25) is 5.15 Å². The Morgan fingerprint density at radius 1 is 1.44 bits per heavy atom. The summed E-state index contributed by atoms with van der Waals surface area (Å²) in [6.45, 7) is 2.80. The molecule has 5 nitrogen and oxygen atoms in total. The van der Waals surface area contributed by atoms with Crippen molar-refractivity contribution in [2.75, 3.05) is 0 Å². The molecule has 16 heavy (non-hydrogen) atoms. The van der Waals surface area contributed by atoms with Crippen LogP contribution in [-0.2, 0) is 4.79 Å². The zero-order valence-corrected chi connectivity index (χ0v) is 9.58. The first-order valence-corrected chi connectivity index (χ1v) is 4.88. The molecular formula is C10H11ClN2O3. The van der Waals surface area contributed by atoms with Crippen molar-refractivity contribution in [3.05, 3.63) is 29.0 Å². The minimum Gasteiger partial charge on any atom is -0.480 e. The monoisotopic (exact) mass is 242 g/mol. The molecule has 0 aliphatic heterocycles. The van der Waals surface area contributed by atoms with E-state index in [1.807, 2.05) is 0 Å². The van der Waals surface area contributed by atoms with Gasteiger partial charge < -0.3 is 10.4 Å². The van der Waals surface area contributed by atoms with Gasteiger partial charge in [-0.25, -0.2) is 9.78 Å². The predicted molar refractivity (Wildman–Crippen MR) is 58.4 cm³/mol. The van der Waals surface area contributed by atoms with E-state index in [1.54, 1.807) is 0 Å². The number of hydrogen-bond acceptors (Lipinski definition) is 3. The molecule has 1 amide bonds. The first kappa shape index (κ1) is 12.4. The molecule has 0 aromatic carbocycles. The third-order valence-corrected chi connectivity index (χ3v) is 2.17. The Bertz CT molecular complexity index is 415. The van der Waals surface area contributed by atoms with E-state index in [1.165, 1.54) is 32.2 Å². The first-order chi connectivity index (χ1) is 7.33. The summed E-state index contributed by atoms with van der Waals surface area (Å²) >= 11 is 5.56. The summed E-state index contributed by atoms with van der Waals surface area (Å²) < 4.78 is 0. The molecule has 0 bridgehead atoms.